The van der Waals surface area contributed by atoms with Crippen LogP contribution in [0.2, 0.25) is 0 Å². The predicted molar refractivity (Wildman–Crippen MR) is 81.4 cm³/mol. The van der Waals surface area contributed by atoms with Gasteiger partial charge in [-0.25, -0.2) is 0 Å². The van der Waals surface area contributed by atoms with Crippen molar-refractivity contribution in [2.45, 2.75) is 57.4 Å². The molecule has 0 radical (unpaired) electrons. The normalized spacial score (nSPS) is 5.35. The lowest BCUT2D eigenvalue weighted by atomic mass is 10.2. The van der Waals surface area contributed by atoms with Crippen LogP contribution in [-0.4, -0.2) is 32.8 Å². The van der Waals surface area contributed by atoms with Gasteiger partial charge in [-0.3, -0.25) is 9.59 Å². The topological polar surface area (TPSA) is 170 Å². The first-order valence-electron chi connectivity index (χ1n) is 3.95. The van der Waals surface area contributed by atoms with E-state index in [1.165, 1.54) is 13.8 Å². The summed E-state index contributed by atoms with van der Waals surface area (Å²) in [4.78, 5) is 22.4. The molecular weight excluding hydrogens is 264 g/mol. The van der Waals surface area contributed by atoms with E-state index in [1.807, 2.05) is 0 Å². The SMILES string of the molecule is C.C.C.C.CC(=O)C(C)=[N+]=[N-].CC(C)C(=O)O.N#N.O. The molecule has 0 amide bonds. The number of nitrogens with zero attached hydrogens (tertiary/aromatic N) is 4. The third-order valence-electron chi connectivity index (χ3n) is 1.15. The Balaban J connectivity index is -0.0000000175. The van der Waals surface area contributed by atoms with E-state index in [9.17, 15) is 9.59 Å². The van der Waals surface area contributed by atoms with Crippen molar-refractivity contribution < 1.29 is 25.0 Å². The van der Waals surface area contributed by atoms with E-state index in [0.717, 1.165) is 0 Å². The minimum Gasteiger partial charge on any atom is -0.481 e. The van der Waals surface area contributed by atoms with Crippen molar-refractivity contribution in [3.8, 4) is 0 Å². The van der Waals surface area contributed by atoms with Crippen LogP contribution in [0.15, 0.2) is 0 Å². The van der Waals surface area contributed by atoms with Crippen LogP contribution in [0.5, 0.6) is 0 Å². The van der Waals surface area contributed by atoms with E-state index < -0.39 is 5.97 Å². The molecule has 0 saturated heterocycles. The monoisotopic (exact) mass is 296 g/mol. The van der Waals surface area contributed by atoms with E-state index >= 15 is 0 Å². The Morgan fingerprint density at radius 2 is 1.25 bits per heavy atom. The van der Waals surface area contributed by atoms with Crippen molar-refractivity contribution in [2.75, 3.05) is 0 Å². The first-order chi connectivity index (χ1) is 6.82. The van der Waals surface area contributed by atoms with Crippen LogP contribution in [0.25, 0.3) is 5.53 Å². The maximum absolute atomic E-state index is 10.1. The summed E-state index contributed by atoms with van der Waals surface area (Å²) in [5, 5.41) is 20.0. The average molecular weight is 296 g/mol. The van der Waals surface area contributed by atoms with E-state index in [1.54, 1.807) is 13.8 Å². The molecule has 0 bridgehead atoms. The number of hydrogen-bond acceptors (Lipinski definition) is 4. The molecule has 124 valence electrons. The summed E-state index contributed by atoms with van der Waals surface area (Å²) in [6.07, 6.45) is 0. The van der Waals surface area contributed by atoms with Gasteiger partial charge in [-0.15, -0.1) is 0 Å². The summed E-state index contributed by atoms with van der Waals surface area (Å²) in [6, 6.07) is 0. The lowest BCUT2D eigenvalue weighted by Gasteiger charge is -1.89. The molecule has 0 unspecified atom stereocenters. The number of carboxylic acid groups (broad SMARTS) is 1. The number of carboxylic acids is 1. The van der Waals surface area contributed by atoms with Crippen LogP contribution in [0.4, 0.5) is 0 Å². The second-order valence-electron chi connectivity index (χ2n) is 2.73. The van der Waals surface area contributed by atoms with Gasteiger partial charge in [-0.05, 0) is 0 Å². The Kier molecular flexibility index (Phi) is 93.8. The first kappa shape index (κ1) is 52.2. The van der Waals surface area contributed by atoms with Crippen molar-refractivity contribution in [1.82, 2.24) is 0 Å². The fourth-order valence-corrected chi connectivity index (χ4v) is 0.0704. The predicted octanol–water partition coefficient (Wildman–Crippen LogP) is 2.74. The van der Waals surface area contributed by atoms with Crippen molar-refractivity contribution in [3.05, 3.63) is 5.53 Å². The van der Waals surface area contributed by atoms with Gasteiger partial charge in [-0.1, -0.05) is 43.6 Å². The molecule has 8 nitrogen and oxygen atoms in total. The molecule has 0 spiro atoms. The van der Waals surface area contributed by atoms with Gasteiger partial charge < -0.3 is 16.1 Å². The van der Waals surface area contributed by atoms with Crippen molar-refractivity contribution in [3.63, 3.8) is 0 Å². The Morgan fingerprint density at radius 3 is 1.25 bits per heavy atom. The van der Waals surface area contributed by atoms with E-state index in [0.29, 0.717) is 0 Å². The highest BCUT2D eigenvalue weighted by Gasteiger charge is 2.02. The fourth-order valence-electron chi connectivity index (χ4n) is 0.0704. The van der Waals surface area contributed by atoms with Crippen molar-refractivity contribution in [2.24, 2.45) is 5.92 Å². The fraction of sp³-hybridized carbons (Fsp3) is 0.750. The summed E-state index contributed by atoms with van der Waals surface area (Å²) in [5.41, 5.74) is 8.01. The van der Waals surface area contributed by atoms with Gasteiger partial charge >= 0.3 is 11.7 Å². The first-order valence-corrected chi connectivity index (χ1v) is 3.95. The summed E-state index contributed by atoms with van der Waals surface area (Å²) >= 11 is 0. The Labute approximate surface area is 123 Å². The molecule has 8 heteroatoms. The maximum atomic E-state index is 10.1. The van der Waals surface area contributed by atoms with E-state index in [-0.39, 0.29) is 52.6 Å². The van der Waals surface area contributed by atoms with Crippen LogP contribution in [0, 0.1) is 16.7 Å². The Morgan fingerprint density at radius 1 is 1.05 bits per heavy atom. The molecular formula is C12H32N4O4. The number of carbonyl (C=O) groups excluding carboxylic acids is 1. The third kappa shape index (κ3) is 56.6. The third-order valence-corrected chi connectivity index (χ3v) is 1.15. The summed E-state index contributed by atoms with van der Waals surface area (Å²) < 4.78 is 0. The summed E-state index contributed by atoms with van der Waals surface area (Å²) in [7, 11) is 0. The molecule has 0 aromatic rings. The van der Waals surface area contributed by atoms with Crippen LogP contribution in [0.3, 0.4) is 0 Å². The van der Waals surface area contributed by atoms with Crippen LogP contribution < -0.4 is 0 Å². The van der Waals surface area contributed by atoms with Crippen LogP contribution in [0.1, 0.15) is 57.4 Å². The van der Waals surface area contributed by atoms with E-state index in [4.69, 9.17) is 21.4 Å². The molecule has 0 saturated carbocycles. The smallest absolute Gasteiger partial charge is 0.331 e. The van der Waals surface area contributed by atoms with Gasteiger partial charge in [0, 0.05) is 24.6 Å². The molecule has 0 atom stereocenters. The van der Waals surface area contributed by atoms with Gasteiger partial charge in [0.05, 0.1) is 5.92 Å². The number of carbonyl (C=O) groups is 2. The van der Waals surface area contributed by atoms with E-state index in [2.05, 4.69) is 4.79 Å². The highest BCUT2D eigenvalue weighted by molar-refractivity contribution is 6.35. The summed E-state index contributed by atoms with van der Waals surface area (Å²) in [6.45, 7) is 6.07. The Bertz CT molecular complexity index is 282. The van der Waals surface area contributed by atoms with Crippen molar-refractivity contribution >= 4 is 17.5 Å². The minimum absolute atomic E-state index is 0. The van der Waals surface area contributed by atoms with Gasteiger partial charge in [0.25, 0.3) is 0 Å². The molecule has 0 aliphatic rings. The van der Waals surface area contributed by atoms with Gasteiger partial charge in [-0.2, -0.15) is 4.79 Å². The summed E-state index contributed by atoms with van der Waals surface area (Å²) in [5.74, 6) is -1.18. The average Bonchev–Trinajstić information content (AvgIpc) is 2.20. The molecule has 0 aliphatic heterocycles. The molecule has 0 heterocycles. The molecule has 0 aromatic carbocycles. The highest BCUT2D eigenvalue weighted by atomic mass is 16.4. The van der Waals surface area contributed by atoms with Crippen molar-refractivity contribution in [1.29, 1.82) is 10.8 Å². The van der Waals surface area contributed by atoms with Crippen LogP contribution in [-0.2, 0) is 9.59 Å². The molecule has 0 aromatic heterocycles. The maximum Gasteiger partial charge on any atom is 0.331 e. The number of hydrogen-bond donors (Lipinski definition) is 1. The second-order valence-corrected chi connectivity index (χ2v) is 2.73. The zero-order valence-electron chi connectivity index (χ0n) is 9.63. The zero-order valence-corrected chi connectivity index (χ0v) is 9.63. The van der Waals surface area contributed by atoms with Gasteiger partial charge in [0.2, 0.25) is 5.78 Å². The number of Topliss-reactive ketones (excluding diaryl/α,β-unsaturated/α-hetero) is 1. The number of ketones is 1. The molecule has 3 N–H and O–H groups in total. The highest BCUT2D eigenvalue weighted by Crippen LogP contribution is 1.87. The lowest BCUT2D eigenvalue weighted by Crippen LogP contribution is -2.04. The molecule has 0 aliphatic carbocycles. The molecule has 20 heavy (non-hydrogen) atoms. The number of rotatable bonds is 2. The lowest BCUT2D eigenvalue weighted by molar-refractivity contribution is -0.140. The molecule has 0 fully saturated rings. The largest absolute Gasteiger partial charge is 0.481 e. The second kappa shape index (κ2) is 36.0. The standard InChI is InChI=1S/C4H6N2O.C4H8O2.4CH4.N2.H2O/c1-3(6-5)4(2)7;1-3(2)4(5)6;;;;;1-2;/h1-2H3;3H,1-2H3,(H,5,6);4*1H4;;1H2. The van der Waals surface area contributed by atoms with Gasteiger partial charge in [0.15, 0.2) is 0 Å². The Hall–Kier alpha value is -2.10. The van der Waals surface area contributed by atoms with Crippen LogP contribution >= 0.6 is 0 Å². The number of aliphatic carboxylic acids is 1. The quantitative estimate of drug-likeness (QED) is 0.356. The minimum atomic E-state index is -0.741. The zero-order chi connectivity index (χ0) is 13.0. The molecule has 0 rings (SSSR count). The van der Waals surface area contributed by atoms with Gasteiger partial charge in [0.1, 0.15) is 0 Å².